The number of benzene rings is 1. The van der Waals surface area contributed by atoms with Crippen molar-refractivity contribution < 1.29 is 18.3 Å². The van der Waals surface area contributed by atoms with Gasteiger partial charge in [-0.25, -0.2) is 17.9 Å². The fraction of sp³-hybridized carbons (Fsp3) is 0.500. The van der Waals surface area contributed by atoms with Crippen molar-refractivity contribution in [1.29, 1.82) is 0 Å². The van der Waals surface area contributed by atoms with E-state index in [0.717, 1.165) is 6.42 Å². The van der Waals surface area contributed by atoms with E-state index in [-0.39, 0.29) is 16.5 Å². The molecule has 0 aliphatic rings. The summed E-state index contributed by atoms with van der Waals surface area (Å²) < 4.78 is 27.5. The Morgan fingerprint density at radius 3 is 2.52 bits per heavy atom. The lowest BCUT2D eigenvalue weighted by atomic mass is 10.2. The number of rotatable bonds is 8. The molecule has 1 atom stereocenters. The maximum absolute atomic E-state index is 12.4. The third-order valence-corrected chi connectivity index (χ3v) is 4.59. The Morgan fingerprint density at radius 1 is 1.33 bits per heavy atom. The largest absolute Gasteiger partial charge is 0.478 e. The predicted octanol–water partition coefficient (Wildman–Crippen LogP) is 2.28. The molecule has 0 fully saturated rings. The van der Waals surface area contributed by atoms with Crippen molar-refractivity contribution in [2.75, 3.05) is 11.9 Å². The molecule has 0 aromatic heterocycles. The van der Waals surface area contributed by atoms with Gasteiger partial charge < -0.3 is 10.4 Å². The zero-order chi connectivity index (χ0) is 16.0. The molecule has 0 spiro atoms. The van der Waals surface area contributed by atoms with Crippen LogP contribution in [0.15, 0.2) is 23.1 Å². The maximum atomic E-state index is 12.4. The van der Waals surface area contributed by atoms with Crippen LogP contribution in [0, 0.1) is 0 Å². The van der Waals surface area contributed by atoms with Crippen LogP contribution in [0.3, 0.4) is 0 Å². The molecule has 0 bridgehead atoms. The number of nitrogens with one attached hydrogen (secondary N) is 2. The third kappa shape index (κ3) is 4.71. The first kappa shape index (κ1) is 17.5. The van der Waals surface area contributed by atoms with E-state index < -0.39 is 16.0 Å². The van der Waals surface area contributed by atoms with Gasteiger partial charge >= 0.3 is 5.97 Å². The van der Waals surface area contributed by atoms with Crippen LogP contribution in [0.4, 0.5) is 5.69 Å². The Balaban J connectivity index is 3.23. The summed E-state index contributed by atoms with van der Waals surface area (Å²) in [6.07, 6.45) is 1.58. The van der Waals surface area contributed by atoms with Gasteiger partial charge in [0.15, 0.2) is 0 Å². The van der Waals surface area contributed by atoms with Crippen LogP contribution in [0.2, 0.25) is 0 Å². The summed E-state index contributed by atoms with van der Waals surface area (Å²) in [4.78, 5) is 11.0. The second kappa shape index (κ2) is 7.42. The highest BCUT2D eigenvalue weighted by Gasteiger charge is 2.22. The van der Waals surface area contributed by atoms with Gasteiger partial charge in [-0.3, -0.25) is 0 Å². The van der Waals surface area contributed by atoms with E-state index in [1.165, 1.54) is 18.2 Å². The number of hydrogen-bond donors (Lipinski definition) is 3. The molecule has 0 saturated carbocycles. The van der Waals surface area contributed by atoms with Crippen LogP contribution in [-0.2, 0) is 10.0 Å². The normalized spacial score (nSPS) is 12.9. The van der Waals surface area contributed by atoms with Crippen molar-refractivity contribution in [3.05, 3.63) is 23.8 Å². The zero-order valence-corrected chi connectivity index (χ0v) is 13.3. The van der Waals surface area contributed by atoms with Crippen LogP contribution in [0.5, 0.6) is 0 Å². The predicted molar refractivity (Wildman–Crippen MR) is 82.3 cm³/mol. The molecule has 1 aromatic carbocycles. The number of carbonyl (C=O) groups is 1. The van der Waals surface area contributed by atoms with Crippen molar-refractivity contribution in [2.45, 2.75) is 44.6 Å². The lowest BCUT2D eigenvalue weighted by Crippen LogP contribution is -2.33. The number of aromatic carboxylic acids is 1. The minimum absolute atomic E-state index is 0.0350. The summed E-state index contributed by atoms with van der Waals surface area (Å²) in [5.41, 5.74) is 0.346. The van der Waals surface area contributed by atoms with E-state index in [9.17, 15) is 13.2 Å². The molecule has 7 heteroatoms. The maximum Gasteiger partial charge on any atom is 0.335 e. The van der Waals surface area contributed by atoms with Gasteiger partial charge in [-0.05, 0) is 38.5 Å². The highest BCUT2D eigenvalue weighted by molar-refractivity contribution is 7.89. The number of carboxylic acid groups (broad SMARTS) is 1. The molecule has 0 aliphatic carbocycles. The van der Waals surface area contributed by atoms with E-state index in [2.05, 4.69) is 10.0 Å². The highest BCUT2D eigenvalue weighted by Crippen LogP contribution is 2.23. The van der Waals surface area contributed by atoms with Gasteiger partial charge in [0.1, 0.15) is 4.90 Å². The summed E-state index contributed by atoms with van der Waals surface area (Å²) in [6.45, 7) is 6.14. The molecular weight excluding hydrogens is 292 g/mol. The van der Waals surface area contributed by atoms with Gasteiger partial charge in [0.25, 0.3) is 0 Å². The van der Waals surface area contributed by atoms with Gasteiger partial charge in [-0.1, -0.05) is 13.3 Å². The van der Waals surface area contributed by atoms with Crippen molar-refractivity contribution in [2.24, 2.45) is 0 Å². The van der Waals surface area contributed by atoms with Crippen LogP contribution in [-0.4, -0.2) is 32.1 Å². The van der Waals surface area contributed by atoms with Crippen molar-refractivity contribution in [1.82, 2.24) is 4.72 Å². The summed E-state index contributed by atoms with van der Waals surface area (Å²) >= 11 is 0. The number of anilines is 1. The minimum atomic E-state index is -3.77. The molecule has 1 aromatic rings. The molecule has 6 nitrogen and oxygen atoms in total. The molecule has 21 heavy (non-hydrogen) atoms. The standard InChI is InChI=1S/C14H22N2O4S/c1-4-6-10(3)16-21(19,20)13-9-11(14(17)18)7-8-12(13)15-5-2/h7-10,15-16H,4-6H2,1-3H3,(H,17,18)/t10-/m0/s1. The van der Waals surface area contributed by atoms with E-state index in [1.54, 1.807) is 6.92 Å². The van der Waals surface area contributed by atoms with E-state index in [0.29, 0.717) is 18.7 Å². The Bertz CT molecular complexity index is 599. The van der Waals surface area contributed by atoms with Gasteiger partial charge in [-0.2, -0.15) is 0 Å². The molecule has 0 amide bonds. The molecule has 1 rings (SSSR count). The first-order valence-electron chi connectivity index (χ1n) is 6.95. The Kier molecular flexibility index (Phi) is 6.17. The van der Waals surface area contributed by atoms with Crippen LogP contribution < -0.4 is 10.0 Å². The van der Waals surface area contributed by atoms with E-state index in [1.807, 2.05) is 13.8 Å². The minimum Gasteiger partial charge on any atom is -0.478 e. The van der Waals surface area contributed by atoms with Gasteiger partial charge in [0.05, 0.1) is 11.3 Å². The van der Waals surface area contributed by atoms with E-state index >= 15 is 0 Å². The number of hydrogen-bond acceptors (Lipinski definition) is 4. The average molecular weight is 314 g/mol. The van der Waals surface area contributed by atoms with E-state index in [4.69, 9.17) is 5.11 Å². The zero-order valence-electron chi connectivity index (χ0n) is 12.5. The van der Waals surface area contributed by atoms with Crippen molar-refractivity contribution >= 4 is 21.7 Å². The molecule has 3 N–H and O–H groups in total. The molecular formula is C14H22N2O4S. The second-order valence-corrected chi connectivity index (χ2v) is 6.54. The molecule has 0 radical (unpaired) electrons. The molecule has 0 heterocycles. The summed E-state index contributed by atoms with van der Waals surface area (Å²) in [5, 5.41) is 12.0. The number of carboxylic acids is 1. The Labute approximate surface area is 125 Å². The Hall–Kier alpha value is -1.60. The first-order chi connectivity index (χ1) is 9.81. The van der Waals surface area contributed by atoms with Gasteiger partial charge in [-0.15, -0.1) is 0 Å². The second-order valence-electron chi connectivity index (χ2n) is 4.86. The molecule has 0 unspecified atom stereocenters. The lowest BCUT2D eigenvalue weighted by Gasteiger charge is -2.16. The van der Waals surface area contributed by atoms with Gasteiger partial charge in [0.2, 0.25) is 10.0 Å². The monoisotopic (exact) mass is 314 g/mol. The quantitative estimate of drug-likeness (QED) is 0.684. The van der Waals surface area contributed by atoms with Crippen LogP contribution >= 0.6 is 0 Å². The van der Waals surface area contributed by atoms with Crippen molar-refractivity contribution in [3.63, 3.8) is 0 Å². The average Bonchev–Trinajstić information content (AvgIpc) is 2.38. The fourth-order valence-electron chi connectivity index (χ4n) is 2.03. The summed E-state index contributed by atoms with van der Waals surface area (Å²) in [7, 11) is -3.77. The molecule has 0 aliphatic heterocycles. The van der Waals surface area contributed by atoms with Crippen molar-refractivity contribution in [3.8, 4) is 0 Å². The first-order valence-corrected chi connectivity index (χ1v) is 8.43. The van der Waals surface area contributed by atoms with Gasteiger partial charge in [0, 0.05) is 12.6 Å². The SMILES string of the molecule is CCC[C@H](C)NS(=O)(=O)c1cc(C(=O)O)ccc1NCC. The van der Waals surface area contributed by atoms with Crippen LogP contribution in [0.25, 0.3) is 0 Å². The van der Waals surface area contributed by atoms with Crippen LogP contribution in [0.1, 0.15) is 44.0 Å². The fourth-order valence-corrected chi connectivity index (χ4v) is 3.52. The molecule has 0 saturated heterocycles. The lowest BCUT2D eigenvalue weighted by molar-refractivity contribution is 0.0696. The topological polar surface area (TPSA) is 95.5 Å². The highest BCUT2D eigenvalue weighted by atomic mass is 32.2. The third-order valence-electron chi connectivity index (χ3n) is 2.96. The summed E-state index contributed by atoms with van der Waals surface area (Å²) in [6, 6.07) is 3.84. The smallest absolute Gasteiger partial charge is 0.335 e. The molecule has 118 valence electrons. The number of sulfonamides is 1. The summed E-state index contributed by atoms with van der Waals surface area (Å²) in [5.74, 6) is -1.16. The Morgan fingerprint density at radius 2 is 2.00 bits per heavy atom.